The monoisotopic (exact) mass is 420 g/mol. The van der Waals surface area contributed by atoms with Gasteiger partial charge in [0.1, 0.15) is 23.1 Å². The average molecular weight is 421 g/mol. The molecule has 0 saturated carbocycles. The number of hydrogen-bond acceptors (Lipinski definition) is 7. The highest BCUT2D eigenvalue weighted by Gasteiger charge is 2.17. The lowest BCUT2D eigenvalue weighted by Crippen LogP contribution is -2.30. The third kappa shape index (κ3) is 4.52. The maximum absolute atomic E-state index is 4.82. The molecule has 2 aliphatic rings. The molecule has 31 heavy (non-hydrogen) atoms. The second kappa shape index (κ2) is 8.37. The Bertz CT molecular complexity index is 1150. The summed E-state index contributed by atoms with van der Waals surface area (Å²) < 4.78 is 1.98. The van der Waals surface area contributed by atoms with Crippen molar-refractivity contribution < 1.29 is 2.85 Å². The molecule has 1 fully saturated rings. The molecule has 1 atom stereocenters. The molecule has 1 saturated heterocycles. The van der Waals surface area contributed by atoms with Gasteiger partial charge in [0.05, 0.1) is 6.04 Å². The third-order valence-corrected chi connectivity index (χ3v) is 5.66. The van der Waals surface area contributed by atoms with E-state index in [1.165, 1.54) is 24.8 Å². The molecule has 0 spiro atoms. The molecule has 0 bridgehead atoms. The van der Waals surface area contributed by atoms with Crippen LogP contribution in [0.5, 0.6) is 0 Å². The Kier molecular flexibility index (Phi) is 5.28. The van der Waals surface area contributed by atoms with Gasteiger partial charge in [-0.05, 0) is 51.7 Å². The molecule has 2 N–H and O–H groups in total. The quantitative estimate of drug-likeness (QED) is 0.625. The molecular formula is C23H32N8. The van der Waals surface area contributed by atoms with Crippen LogP contribution in [0.15, 0.2) is 53.4 Å². The summed E-state index contributed by atoms with van der Waals surface area (Å²) in [4.78, 5) is 21.0. The van der Waals surface area contributed by atoms with E-state index in [1.807, 2.05) is 35.0 Å². The number of amidine groups is 1. The first-order valence-corrected chi connectivity index (χ1v) is 11.0. The summed E-state index contributed by atoms with van der Waals surface area (Å²) in [6, 6.07) is 6.31. The van der Waals surface area contributed by atoms with E-state index in [4.69, 9.17) is 15.0 Å². The summed E-state index contributed by atoms with van der Waals surface area (Å²) in [7, 11) is 0. The molecule has 5 heterocycles. The van der Waals surface area contributed by atoms with Crippen molar-refractivity contribution in [2.45, 2.75) is 45.6 Å². The van der Waals surface area contributed by atoms with Crippen molar-refractivity contribution in [1.82, 2.24) is 19.4 Å². The van der Waals surface area contributed by atoms with Crippen LogP contribution in [0, 0.1) is 0 Å². The standard InChI is InChI=1S/C23H28N8.2H2/c1-16-12-17(2)25-19(13-16)27-23-28-20(15-22(29-23)30-8-4-3-5-9-30)26-18-6-10-31-11-7-24-21(31)14-18;;/h6-7,10-11,13-15,17H,3-5,8-9,12H2,1-2H3,(H2,25,26,27,28,29);2*1H. The molecule has 1 unspecified atom stereocenters. The Morgan fingerprint density at radius 1 is 1.06 bits per heavy atom. The van der Waals surface area contributed by atoms with Gasteiger partial charge in [-0.1, -0.05) is 5.57 Å². The van der Waals surface area contributed by atoms with Gasteiger partial charge < -0.3 is 19.9 Å². The molecule has 3 aromatic rings. The zero-order valence-corrected chi connectivity index (χ0v) is 18.0. The first-order valence-electron chi connectivity index (χ1n) is 11.0. The van der Waals surface area contributed by atoms with Crippen LogP contribution in [0.1, 0.15) is 42.4 Å². The highest BCUT2D eigenvalue weighted by molar-refractivity contribution is 6.04. The van der Waals surface area contributed by atoms with Crippen molar-refractivity contribution in [3.05, 3.63) is 48.4 Å². The molecule has 5 rings (SSSR count). The van der Waals surface area contributed by atoms with E-state index in [0.717, 1.165) is 48.3 Å². The van der Waals surface area contributed by atoms with Gasteiger partial charge in [0.2, 0.25) is 5.95 Å². The molecule has 0 amide bonds. The fourth-order valence-electron chi connectivity index (χ4n) is 4.24. The fraction of sp³-hybridized carbons (Fsp3) is 0.391. The van der Waals surface area contributed by atoms with E-state index in [0.29, 0.717) is 5.95 Å². The number of anilines is 4. The molecule has 8 heteroatoms. The van der Waals surface area contributed by atoms with Crippen molar-refractivity contribution >= 4 is 34.8 Å². The van der Waals surface area contributed by atoms with E-state index in [2.05, 4.69) is 40.4 Å². The number of aliphatic imine (C=N–C) groups is 1. The maximum atomic E-state index is 4.82. The van der Waals surface area contributed by atoms with Crippen LogP contribution in [0.2, 0.25) is 0 Å². The highest BCUT2D eigenvalue weighted by Crippen LogP contribution is 2.25. The van der Waals surface area contributed by atoms with E-state index < -0.39 is 0 Å². The minimum Gasteiger partial charge on any atom is -0.356 e. The number of nitrogens with one attached hydrogen (secondary N) is 2. The van der Waals surface area contributed by atoms with Crippen molar-refractivity contribution in [3.63, 3.8) is 0 Å². The van der Waals surface area contributed by atoms with Crippen LogP contribution in [-0.4, -0.2) is 44.3 Å². The predicted octanol–water partition coefficient (Wildman–Crippen LogP) is 4.90. The number of imidazole rings is 1. The Hall–Kier alpha value is -3.42. The lowest BCUT2D eigenvalue weighted by Gasteiger charge is -2.28. The topological polar surface area (TPSA) is 82.7 Å². The van der Waals surface area contributed by atoms with Crippen LogP contribution in [-0.2, 0) is 0 Å². The first-order chi connectivity index (χ1) is 15.1. The predicted molar refractivity (Wildman–Crippen MR) is 130 cm³/mol. The van der Waals surface area contributed by atoms with Gasteiger partial charge in [0.25, 0.3) is 0 Å². The van der Waals surface area contributed by atoms with Gasteiger partial charge in [0.15, 0.2) is 0 Å². The lowest BCUT2D eigenvalue weighted by atomic mass is 10.1. The number of fused-ring (bicyclic) bond motifs is 1. The van der Waals surface area contributed by atoms with Crippen LogP contribution < -0.4 is 15.5 Å². The number of piperidine rings is 1. The summed E-state index contributed by atoms with van der Waals surface area (Å²) in [5.74, 6) is 3.06. The van der Waals surface area contributed by atoms with Gasteiger partial charge in [0, 0.05) is 52.4 Å². The first kappa shape index (κ1) is 19.5. The van der Waals surface area contributed by atoms with Crippen molar-refractivity contribution in [1.29, 1.82) is 0 Å². The lowest BCUT2D eigenvalue weighted by molar-refractivity contribution is 0.573. The number of dihydropyridines is 1. The van der Waals surface area contributed by atoms with Crippen molar-refractivity contribution in [3.8, 4) is 0 Å². The summed E-state index contributed by atoms with van der Waals surface area (Å²) in [5, 5.41) is 6.78. The largest absolute Gasteiger partial charge is 0.356 e. The Morgan fingerprint density at radius 3 is 2.77 bits per heavy atom. The number of pyridine rings is 1. The number of hydrogen-bond donors (Lipinski definition) is 2. The molecule has 8 nitrogen and oxygen atoms in total. The molecule has 164 valence electrons. The SMILES string of the molecule is CC1=CC(Nc2nc(Nc3ccn4ccnc4c3)cc(N3CCCCC3)n2)=NC(C)C1.[HH].[HH]. The summed E-state index contributed by atoms with van der Waals surface area (Å²) in [6.45, 7) is 6.30. The minimum atomic E-state index is 0. The van der Waals surface area contributed by atoms with E-state index in [9.17, 15) is 0 Å². The number of rotatable bonds is 4. The van der Waals surface area contributed by atoms with Gasteiger partial charge in [-0.2, -0.15) is 9.97 Å². The zero-order valence-electron chi connectivity index (χ0n) is 18.0. The molecule has 0 aliphatic carbocycles. The zero-order chi connectivity index (χ0) is 21.2. The average Bonchev–Trinajstić information content (AvgIpc) is 3.21. The van der Waals surface area contributed by atoms with Crippen LogP contribution in [0.4, 0.5) is 23.3 Å². The van der Waals surface area contributed by atoms with Crippen LogP contribution >= 0.6 is 0 Å². The summed E-state index contributed by atoms with van der Waals surface area (Å²) >= 11 is 0. The minimum absolute atomic E-state index is 0. The Morgan fingerprint density at radius 2 is 1.94 bits per heavy atom. The second-order valence-electron chi connectivity index (χ2n) is 8.40. The van der Waals surface area contributed by atoms with Gasteiger partial charge in [-0.3, -0.25) is 4.99 Å². The summed E-state index contributed by atoms with van der Waals surface area (Å²) in [5.41, 5.74) is 3.13. The summed E-state index contributed by atoms with van der Waals surface area (Å²) in [6.07, 6.45) is 12.4. The van der Waals surface area contributed by atoms with Crippen molar-refractivity contribution in [2.24, 2.45) is 4.99 Å². The van der Waals surface area contributed by atoms with Gasteiger partial charge >= 0.3 is 0 Å². The molecule has 2 aliphatic heterocycles. The van der Waals surface area contributed by atoms with Crippen molar-refractivity contribution in [2.75, 3.05) is 28.6 Å². The highest BCUT2D eigenvalue weighted by atomic mass is 15.3. The molecule has 3 aromatic heterocycles. The van der Waals surface area contributed by atoms with E-state index in [-0.39, 0.29) is 8.90 Å². The van der Waals surface area contributed by atoms with E-state index >= 15 is 0 Å². The number of nitrogens with zero attached hydrogens (tertiary/aromatic N) is 6. The number of aromatic nitrogens is 4. The Labute approximate surface area is 185 Å². The molecular weight excluding hydrogens is 388 g/mol. The third-order valence-electron chi connectivity index (χ3n) is 5.66. The smallest absolute Gasteiger partial charge is 0.232 e. The maximum Gasteiger partial charge on any atom is 0.232 e. The van der Waals surface area contributed by atoms with E-state index in [1.54, 1.807) is 6.20 Å². The van der Waals surface area contributed by atoms with Gasteiger partial charge in [-0.25, -0.2) is 4.98 Å². The second-order valence-corrected chi connectivity index (χ2v) is 8.40. The van der Waals surface area contributed by atoms with Crippen LogP contribution in [0.3, 0.4) is 0 Å². The molecule has 0 radical (unpaired) electrons. The normalized spacial score (nSPS) is 19.2. The Balaban J connectivity index is 0.00000153. The fourth-order valence-corrected chi connectivity index (χ4v) is 4.24. The molecule has 0 aromatic carbocycles. The van der Waals surface area contributed by atoms with Crippen LogP contribution in [0.25, 0.3) is 5.65 Å². The van der Waals surface area contributed by atoms with Gasteiger partial charge in [-0.15, -0.1) is 0 Å².